The van der Waals surface area contributed by atoms with Gasteiger partial charge in [-0.05, 0) is 20.8 Å². The molecule has 0 heterocycles. The van der Waals surface area contributed by atoms with Gasteiger partial charge in [-0.15, -0.1) is 0 Å². The van der Waals surface area contributed by atoms with Gasteiger partial charge in [0.2, 0.25) is 5.91 Å². The van der Waals surface area contributed by atoms with E-state index in [0.29, 0.717) is 0 Å². The average Bonchev–Trinajstić information content (AvgIpc) is 2.04. The summed E-state index contributed by atoms with van der Waals surface area (Å²) in [4.78, 5) is 22.3. The molecule has 0 unspecified atom stereocenters. The van der Waals surface area contributed by atoms with E-state index < -0.39 is 17.2 Å². The Morgan fingerprint density at radius 2 is 1.92 bits per heavy atom. The molecular formula is C9H15NO3. The zero-order valence-electron chi connectivity index (χ0n) is 8.18. The van der Waals surface area contributed by atoms with Crippen LogP contribution in [0.3, 0.4) is 0 Å². The molecule has 4 nitrogen and oxygen atoms in total. The molecule has 2 N–H and O–H groups in total. The second kappa shape index (κ2) is 4.18. The minimum absolute atomic E-state index is 0.266. The summed E-state index contributed by atoms with van der Waals surface area (Å²) in [5, 5.41) is 11.0. The lowest BCUT2D eigenvalue weighted by Crippen LogP contribution is -2.42. The van der Waals surface area contributed by atoms with Crippen molar-refractivity contribution in [2.24, 2.45) is 5.41 Å². The molecule has 0 aliphatic heterocycles. The van der Waals surface area contributed by atoms with Crippen LogP contribution in [0, 0.1) is 5.41 Å². The molecule has 0 fully saturated rings. The quantitative estimate of drug-likeness (QED) is 0.618. The molecule has 0 aliphatic rings. The summed E-state index contributed by atoms with van der Waals surface area (Å²) in [5.41, 5.74) is -0.674. The highest BCUT2D eigenvalue weighted by Gasteiger charge is 2.27. The minimum atomic E-state index is -0.939. The van der Waals surface area contributed by atoms with Crippen LogP contribution in [0.15, 0.2) is 12.2 Å². The molecule has 0 aromatic rings. The zero-order chi connectivity index (χ0) is 10.6. The number of amides is 2. The second-order valence-corrected chi connectivity index (χ2v) is 3.61. The predicted octanol–water partition coefficient (Wildman–Crippen LogP) is 0.224. The summed E-state index contributed by atoms with van der Waals surface area (Å²) >= 11 is 0. The number of rotatable bonds is 3. The first-order valence-corrected chi connectivity index (χ1v) is 3.93. The van der Waals surface area contributed by atoms with Gasteiger partial charge in [0.25, 0.3) is 5.91 Å². The maximum atomic E-state index is 11.3. The van der Waals surface area contributed by atoms with Gasteiger partial charge in [-0.1, -0.05) is 6.58 Å². The van der Waals surface area contributed by atoms with Crippen molar-refractivity contribution in [2.75, 3.05) is 6.61 Å². The number of hydrogen-bond donors (Lipinski definition) is 2. The third-order valence-electron chi connectivity index (χ3n) is 1.62. The number of imide groups is 1. The molecule has 0 saturated carbocycles. The number of aliphatic hydroxyl groups excluding tert-OH is 1. The van der Waals surface area contributed by atoms with E-state index in [0.717, 1.165) is 0 Å². The highest BCUT2D eigenvalue weighted by Crippen LogP contribution is 2.13. The van der Waals surface area contributed by atoms with Gasteiger partial charge in [0.1, 0.15) is 0 Å². The van der Waals surface area contributed by atoms with Gasteiger partial charge in [0.15, 0.2) is 0 Å². The van der Waals surface area contributed by atoms with Crippen LogP contribution in [0.4, 0.5) is 0 Å². The summed E-state index contributed by atoms with van der Waals surface area (Å²) in [6, 6.07) is 0. The number of nitrogens with one attached hydrogen (secondary N) is 1. The largest absolute Gasteiger partial charge is 0.395 e. The van der Waals surface area contributed by atoms with E-state index in [1.165, 1.54) is 6.92 Å². The number of aliphatic hydroxyl groups is 1. The third kappa shape index (κ3) is 3.38. The fourth-order valence-corrected chi connectivity index (χ4v) is 0.451. The van der Waals surface area contributed by atoms with Crippen LogP contribution in [0.1, 0.15) is 20.8 Å². The lowest BCUT2D eigenvalue weighted by atomic mass is 9.94. The summed E-state index contributed by atoms with van der Waals surface area (Å²) in [5.74, 6) is -1.01. The van der Waals surface area contributed by atoms with Crippen LogP contribution < -0.4 is 5.32 Å². The standard InChI is InChI=1S/C9H15NO3/c1-6(2)7(12)10-8(13)9(3,4)5-11/h11H,1,5H2,2-4H3,(H,10,12,13). The lowest BCUT2D eigenvalue weighted by Gasteiger charge is -2.19. The van der Waals surface area contributed by atoms with Crippen LogP contribution in [0.5, 0.6) is 0 Å². The molecule has 74 valence electrons. The van der Waals surface area contributed by atoms with Crippen LogP contribution in [-0.2, 0) is 9.59 Å². The Morgan fingerprint density at radius 1 is 1.46 bits per heavy atom. The van der Waals surface area contributed by atoms with Crippen LogP contribution >= 0.6 is 0 Å². The van der Waals surface area contributed by atoms with Crippen molar-refractivity contribution in [1.82, 2.24) is 5.32 Å². The number of hydrogen-bond acceptors (Lipinski definition) is 3. The Balaban J connectivity index is 4.32. The SMILES string of the molecule is C=C(C)C(=O)NC(=O)C(C)(C)CO. The van der Waals surface area contributed by atoms with Gasteiger partial charge >= 0.3 is 0 Å². The summed E-state index contributed by atoms with van der Waals surface area (Å²) in [7, 11) is 0. The van der Waals surface area contributed by atoms with Gasteiger partial charge in [0.05, 0.1) is 12.0 Å². The summed E-state index contributed by atoms with van der Waals surface area (Å²) < 4.78 is 0. The smallest absolute Gasteiger partial charge is 0.252 e. The molecule has 0 atom stereocenters. The number of carbonyl (C=O) groups is 2. The topological polar surface area (TPSA) is 66.4 Å². The molecule has 0 aliphatic carbocycles. The number of carbonyl (C=O) groups excluding carboxylic acids is 2. The second-order valence-electron chi connectivity index (χ2n) is 3.61. The molecule has 4 heteroatoms. The van der Waals surface area contributed by atoms with Gasteiger partial charge < -0.3 is 5.11 Å². The average molecular weight is 185 g/mol. The van der Waals surface area contributed by atoms with Gasteiger partial charge in [-0.3, -0.25) is 14.9 Å². The molecule has 13 heavy (non-hydrogen) atoms. The Hall–Kier alpha value is -1.16. The van der Waals surface area contributed by atoms with Crippen molar-refractivity contribution in [2.45, 2.75) is 20.8 Å². The molecule has 0 bridgehead atoms. The lowest BCUT2D eigenvalue weighted by molar-refractivity contribution is -0.135. The van der Waals surface area contributed by atoms with E-state index in [9.17, 15) is 9.59 Å². The Morgan fingerprint density at radius 3 is 2.23 bits per heavy atom. The van der Waals surface area contributed by atoms with Crippen LogP contribution in [-0.4, -0.2) is 23.5 Å². The van der Waals surface area contributed by atoms with Gasteiger partial charge in [-0.25, -0.2) is 0 Å². The minimum Gasteiger partial charge on any atom is -0.395 e. The van der Waals surface area contributed by atoms with E-state index in [2.05, 4.69) is 11.9 Å². The van der Waals surface area contributed by atoms with Gasteiger partial charge in [-0.2, -0.15) is 0 Å². The van der Waals surface area contributed by atoms with Gasteiger partial charge in [0, 0.05) is 5.57 Å². The van der Waals surface area contributed by atoms with Crippen molar-refractivity contribution in [3.05, 3.63) is 12.2 Å². The van der Waals surface area contributed by atoms with Crippen molar-refractivity contribution in [1.29, 1.82) is 0 Å². The van der Waals surface area contributed by atoms with Crippen molar-refractivity contribution >= 4 is 11.8 Å². The van der Waals surface area contributed by atoms with Crippen molar-refractivity contribution in [3.8, 4) is 0 Å². The molecule has 0 aromatic carbocycles. The summed E-state index contributed by atoms with van der Waals surface area (Å²) in [6.07, 6.45) is 0. The predicted molar refractivity (Wildman–Crippen MR) is 48.8 cm³/mol. The Kier molecular flexibility index (Phi) is 3.81. The van der Waals surface area contributed by atoms with E-state index in [1.807, 2.05) is 0 Å². The molecule has 0 radical (unpaired) electrons. The maximum absolute atomic E-state index is 11.3. The molecule has 2 amide bonds. The normalized spacial score (nSPS) is 10.8. The molecule has 0 rings (SSSR count). The van der Waals surface area contributed by atoms with E-state index in [1.54, 1.807) is 13.8 Å². The monoisotopic (exact) mass is 185 g/mol. The Labute approximate surface area is 77.6 Å². The highest BCUT2D eigenvalue weighted by atomic mass is 16.3. The van der Waals surface area contributed by atoms with Crippen molar-refractivity contribution in [3.63, 3.8) is 0 Å². The summed E-state index contributed by atoms with van der Waals surface area (Å²) in [6.45, 7) is 7.69. The molecule has 0 spiro atoms. The highest BCUT2D eigenvalue weighted by molar-refractivity contribution is 6.05. The van der Waals surface area contributed by atoms with E-state index in [-0.39, 0.29) is 12.2 Å². The van der Waals surface area contributed by atoms with E-state index in [4.69, 9.17) is 5.11 Å². The first-order valence-electron chi connectivity index (χ1n) is 3.93. The first kappa shape index (κ1) is 11.8. The third-order valence-corrected chi connectivity index (χ3v) is 1.62. The fourth-order valence-electron chi connectivity index (χ4n) is 0.451. The molecule has 0 saturated heterocycles. The zero-order valence-corrected chi connectivity index (χ0v) is 8.18. The van der Waals surface area contributed by atoms with Crippen LogP contribution in [0.25, 0.3) is 0 Å². The van der Waals surface area contributed by atoms with E-state index >= 15 is 0 Å². The first-order chi connectivity index (χ1) is 5.81. The fraction of sp³-hybridized carbons (Fsp3) is 0.556. The van der Waals surface area contributed by atoms with Crippen LogP contribution in [0.2, 0.25) is 0 Å². The maximum Gasteiger partial charge on any atom is 0.252 e. The molecule has 0 aromatic heterocycles. The Bertz CT molecular complexity index is 243. The molecular weight excluding hydrogens is 170 g/mol. The van der Waals surface area contributed by atoms with Crippen molar-refractivity contribution < 1.29 is 14.7 Å².